The molecule has 0 saturated heterocycles. The molecule has 1 heterocycles. The zero-order chi connectivity index (χ0) is 22.6. The van der Waals surface area contributed by atoms with Gasteiger partial charge in [-0.05, 0) is 44.1 Å². The number of azide groups is 1. The fraction of sp³-hybridized carbons (Fsp3) is 0.500. The van der Waals surface area contributed by atoms with Crippen molar-refractivity contribution in [2.75, 3.05) is 46.5 Å². The molecule has 2 rings (SSSR count). The molecule has 1 atom stereocenters. The Morgan fingerprint density at radius 1 is 1.42 bits per heavy atom. The van der Waals surface area contributed by atoms with Gasteiger partial charge in [0.05, 0.1) is 37.1 Å². The number of urea groups is 1. The Balaban J connectivity index is 2.49. The number of hydrogen-bond acceptors (Lipinski definition) is 6. The van der Waals surface area contributed by atoms with Crippen molar-refractivity contribution in [3.8, 4) is 0 Å². The summed E-state index contributed by atoms with van der Waals surface area (Å²) in [5.41, 5.74) is 9.57. The molecule has 0 spiro atoms. The highest BCUT2D eigenvalue weighted by atomic mass is 35.5. The van der Waals surface area contributed by atoms with Crippen molar-refractivity contribution in [1.29, 1.82) is 0 Å². The SMILES string of the molecule is CCOC(=O)C1=C(COCCN=[N+]=[N-])NC(=O)N(CCCNC)C1c1ccccc1Cl. The Morgan fingerprint density at radius 2 is 2.19 bits per heavy atom. The molecule has 1 aliphatic rings. The summed E-state index contributed by atoms with van der Waals surface area (Å²) in [5, 5.41) is 9.67. The van der Waals surface area contributed by atoms with Gasteiger partial charge in [0.15, 0.2) is 0 Å². The van der Waals surface area contributed by atoms with Gasteiger partial charge in [0.25, 0.3) is 0 Å². The number of ether oxygens (including phenoxy) is 2. The van der Waals surface area contributed by atoms with Gasteiger partial charge in [0.2, 0.25) is 0 Å². The molecule has 0 aromatic heterocycles. The molecule has 31 heavy (non-hydrogen) atoms. The van der Waals surface area contributed by atoms with E-state index in [9.17, 15) is 9.59 Å². The standard InChI is InChI=1S/C20H27ClN6O4/c1-3-31-19(28)17-16(13-30-12-10-24-26-22)25-20(29)27(11-6-9-23-2)18(17)14-7-4-5-8-15(14)21/h4-5,7-8,18,23H,3,6,9-13H2,1-2H3,(H,25,29). The van der Waals surface area contributed by atoms with Gasteiger partial charge < -0.3 is 25.0 Å². The van der Waals surface area contributed by atoms with Crippen LogP contribution in [0.2, 0.25) is 5.02 Å². The van der Waals surface area contributed by atoms with E-state index in [1.165, 1.54) is 0 Å². The fourth-order valence-corrected chi connectivity index (χ4v) is 3.50. The number of carbonyl (C=O) groups is 2. The summed E-state index contributed by atoms with van der Waals surface area (Å²) in [6.45, 7) is 3.22. The van der Waals surface area contributed by atoms with Crippen LogP contribution in [-0.4, -0.2) is 63.4 Å². The minimum Gasteiger partial charge on any atom is -0.463 e. The van der Waals surface area contributed by atoms with E-state index < -0.39 is 12.0 Å². The van der Waals surface area contributed by atoms with E-state index in [2.05, 4.69) is 20.7 Å². The second-order valence-electron chi connectivity index (χ2n) is 6.62. The minimum atomic E-state index is -0.728. The molecular weight excluding hydrogens is 424 g/mol. The number of nitrogens with zero attached hydrogens (tertiary/aromatic N) is 4. The van der Waals surface area contributed by atoms with Crippen molar-refractivity contribution in [3.05, 3.63) is 56.6 Å². The Labute approximate surface area is 186 Å². The van der Waals surface area contributed by atoms with Crippen LogP contribution in [0.5, 0.6) is 0 Å². The minimum absolute atomic E-state index is 0.0495. The van der Waals surface area contributed by atoms with Crippen molar-refractivity contribution in [2.24, 2.45) is 5.11 Å². The van der Waals surface area contributed by atoms with Crippen LogP contribution in [0.4, 0.5) is 4.79 Å². The maximum Gasteiger partial charge on any atom is 0.338 e. The molecule has 2 amide bonds. The largest absolute Gasteiger partial charge is 0.463 e. The molecule has 0 saturated carbocycles. The Hall–Kier alpha value is -2.78. The van der Waals surface area contributed by atoms with Crippen LogP contribution in [0.1, 0.15) is 24.9 Å². The van der Waals surface area contributed by atoms with Crippen LogP contribution in [0.15, 0.2) is 40.6 Å². The summed E-state index contributed by atoms with van der Waals surface area (Å²) in [7, 11) is 1.83. The van der Waals surface area contributed by atoms with Crippen molar-refractivity contribution in [1.82, 2.24) is 15.5 Å². The van der Waals surface area contributed by atoms with E-state index in [4.69, 9.17) is 26.6 Å². The van der Waals surface area contributed by atoms with E-state index in [0.717, 1.165) is 0 Å². The third-order valence-electron chi connectivity index (χ3n) is 4.60. The van der Waals surface area contributed by atoms with Gasteiger partial charge in [-0.3, -0.25) is 0 Å². The first-order chi connectivity index (χ1) is 15.0. The van der Waals surface area contributed by atoms with Gasteiger partial charge >= 0.3 is 12.0 Å². The maximum atomic E-state index is 13.0. The first kappa shape index (κ1) is 24.5. The molecule has 11 heteroatoms. The Kier molecular flexibility index (Phi) is 10.1. The number of carbonyl (C=O) groups excluding carboxylic acids is 2. The third kappa shape index (κ3) is 6.60. The summed E-state index contributed by atoms with van der Waals surface area (Å²) in [6.07, 6.45) is 0.680. The second kappa shape index (κ2) is 12.8. The van der Waals surface area contributed by atoms with Crippen molar-refractivity contribution in [3.63, 3.8) is 0 Å². The van der Waals surface area contributed by atoms with Gasteiger partial charge in [-0.25, -0.2) is 9.59 Å². The molecule has 1 aromatic rings. The maximum absolute atomic E-state index is 13.0. The number of halogens is 1. The average molecular weight is 451 g/mol. The zero-order valence-corrected chi connectivity index (χ0v) is 18.4. The Bertz CT molecular complexity index is 856. The summed E-state index contributed by atoms with van der Waals surface area (Å²) >= 11 is 6.47. The summed E-state index contributed by atoms with van der Waals surface area (Å²) in [6, 6.07) is 6.01. The van der Waals surface area contributed by atoms with Crippen LogP contribution in [0, 0.1) is 0 Å². The van der Waals surface area contributed by atoms with E-state index in [1.807, 2.05) is 7.05 Å². The first-order valence-corrected chi connectivity index (χ1v) is 10.4. The van der Waals surface area contributed by atoms with Crippen molar-refractivity contribution >= 4 is 23.6 Å². The van der Waals surface area contributed by atoms with Gasteiger partial charge in [0, 0.05) is 23.0 Å². The van der Waals surface area contributed by atoms with Crippen molar-refractivity contribution < 1.29 is 19.1 Å². The number of benzene rings is 1. The van der Waals surface area contributed by atoms with Gasteiger partial charge in [-0.1, -0.05) is 34.9 Å². The highest BCUT2D eigenvalue weighted by molar-refractivity contribution is 6.31. The van der Waals surface area contributed by atoms with E-state index >= 15 is 0 Å². The monoisotopic (exact) mass is 450 g/mol. The summed E-state index contributed by atoms with van der Waals surface area (Å²) in [4.78, 5) is 30.2. The lowest BCUT2D eigenvalue weighted by molar-refractivity contribution is -0.139. The molecule has 168 valence electrons. The second-order valence-corrected chi connectivity index (χ2v) is 7.03. The van der Waals surface area contributed by atoms with Crippen LogP contribution in [0.25, 0.3) is 10.4 Å². The highest BCUT2D eigenvalue weighted by Crippen LogP contribution is 2.37. The number of hydrogen-bond donors (Lipinski definition) is 2. The fourth-order valence-electron chi connectivity index (χ4n) is 3.27. The van der Waals surface area contributed by atoms with Crippen molar-refractivity contribution in [2.45, 2.75) is 19.4 Å². The molecule has 0 aliphatic carbocycles. The summed E-state index contributed by atoms with van der Waals surface area (Å²) < 4.78 is 10.8. The molecule has 2 N–H and O–H groups in total. The number of esters is 1. The molecule has 10 nitrogen and oxygen atoms in total. The predicted octanol–water partition coefficient (Wildman–Crippen LogP) is 3.16. The van der Waals surface area contributed by atoms with Crippen LogP contribution >= 0.6 is 11.6 Å². The molecular formula is C20H27ClN6O4. The van der Waals surface area contributed by atoms with E-state index in [0.29, 0.717) is 35.8 Å². The third-order valence-corrected chi connectivity index (χ3v) is 4.94. The zero-order valence-electron chi connectivity index (χ0n) is 17.6. The molecule has 0 fully saturated rings. The first-order valence-electron chi connectivity index (χ1n) is 10.0. The topological polar surface area (TPSA) is 129 Å². The lowest BCUT2D eigenvalue weighted by Gasteiger charge is -2.38. The normalized spacial score (nSPS) is 16.0. The predicted molar refractivity (Wildman–Crippen MR) is 116 cm³/mol. The number of amides is 2. The number of rotatable bonds is 12. The Morgan fingerprint density at radius 3 is 2.87 bits per heavy atom. The summed E-state index contributed by atoms with van der Waals surface area (Å²) in [5.74, 6) is -0.556. The van der Waals surface area contributed by atoms with E-state index in [1.54, 1.807) is 36.1 Å². The van der Waals surface area contributed by atoms with Crippen LogP contribution < -0.4 is 10.6 Å². The lowest BCUT2D eigenvalue weighted by Crippen LogP contribution is -2.50. The average Bonchev–Trinajstić information content (AvgIpc) is 2.75. The molecule has 1 aliphatic heterocycles. The molecule has 1 unspecified atom stereocenters. The van der Waals surface area contributed by atoms with Gasteiger partial charge in [0.1, 0.15) is 0 Å². The number of nitrogens with one attached hydrogen (secondary N) is 2. The quantitative estimate of drug-likeness (QED) is 0.166. The van der Waals surface area contributed by atoms with E-state index in [-0.39, 0.29) is 38.0 Å². The molecule has 0 radical (unpaired) electrons. The lowest BCUT2D eigenvalue weighted by atomic mass is 9.93. The van der Waals surface area contributed by atoms with Gasteiger partial charge in [-0.2, -0.15) is 0 Å². The van der Waals surface area contributed by atoms with Crippen LogP contribution in [-0.2, 0) is 14.3 Å². The highest BCUT2D eigenvalue weighted by Gasteiger charge is 2.40. The molecule has 1 aromatic carbocycles. The molecule has 0 bridgehead atoms. The smallest absolute Gasteiger partial charge is 0.338 e. The van der Waals surface area contributed by atoms with Crippen LogP contribution in [0.3, 0.4) is 0 Å². The van der Waals surface area contributed by atoms with Gasteiger partial charge in [-0.15, -0.1) is 0 Å².